The van der Waals surface area contributed by atoms with Crippen LogP contribution in [-0.2, 0) is 9.59 Å². The number of benzene rings is 2. The van der Waals surface area contributed by atoms with Crippen LogP contribution in [-0.4, -0.2) is 67.5 Å². The zero-order valence-corrected chi connectivity index (χ0v) is 17.0. The van der Waals surface area contributed by atoms with Crippen LogP contribution in [0.5, 0.6) is 5.75 Å². The molecule has 0 bridgehead atoms. The number of hydrogen-bond acceptors (Lipinski definition) is 4. The van der Waals surface area contributed by atoms with E-state index in [4.69, 9.17) is 4.74 Å². The van der Waals surface area contributed by atoms with Gasteiger partial charge < -0.3 is 15.0 Å². The molecule has 0 saturated carbocycles. The fourth-order valence-corrected chi connectivity index (χ4v) is 3.36. The molecule has 1 saturated heterocycles. The summed E-state index contributed by atoms with van der Waals surface area (Å²) in [6.07, 6.45) is 0.932. The van der Waals surface area contributed by atoms with E-state index in [0.29, 0.717) is 45.0 Å². The van der Waals surface area contributed by atoms with Crippen LogP contribution in [0.3, 0.4) is 0 Å². The Morgan fingerprint density at radius 3 is 2.38 bits per heavy atom. The van der Waals surface area contributed by atoms with E-state index in [2.05, 4.69) is 10.2 Å². The van der Waals surface area contributed by atoms with Crippen molar-refractivity contribution >= 4 is 11.8 Å². The number of ether oxygens (including phenoxy) is 1. The topological polar surface area (TPSA) is 61.9 Å². The Balaban J connectivity index is 1.48. The van der Waals surface area contributed by atoms with Gasteiger partial charge in [0, 0.05) is 38.3 Å². The molecule has 2 aromatic carbocycles. The highest BCUT2D eigenvalue weighted by Gasteiger charge is 2.22. The number of nitrogens with one attached hydrogen (secondary N) is 1. The molecule has 0 atom stereocenters. The van der Waals surface area contributed by atoms with Gasteiger partial charge in [0.2, 0.25) is 5.91 Å². The molecule has 0 unspecified atom stereocenters. The highest BCUT2D eigenvalue weighted by molar-refractivity contribution is 5.79. The minimum absolute atomic E-state index is 0.0147. The summed E-state index contributed by atoms with van der Waals surface area (Å²) in [5, 5.41) is 2.89. The fourth-order valence-electron chi connectivity index (χ4n) is 3.36. The molecule has 0 spiro atoms. The van der Waals surface area contributed by atoms with Gasteiger partial charge in [0.15, 0.2) is 6.61 Å². The summed E-state index contributed by atoms with van der Waals surface area (Å²) in [5.74, 6) is 0.730. The maximum atomic E-state index is 12.6. The molecule has 0 aliphatic carbocycles. The summed E-state index contributed by atoms with van der Waals surface area (Å²) < 4.78 is 5.87. The molecule has 2 aromatic rings. The summed E-state index contributed by atoms with van der Waals surface area (Å²) in [6.45, 7) is 5.78. The number of para-hydroxylation sites is 1. The van der Waals surface area contributed by atoms with Gasteiger partial charge in [-0.1, -0.05) is 55.5 Å². The third kappa shape index (κ3) is 6.06. The normalized spacial score (nSPS) is 14.4. The number of nitrogens with zero attached hydrogens (tertiary/aromatic N) is 2. The van der Waals surface area contributed by atoms with Crippen LogP contribution in [0.15, 0.2) is 54.6 Å². The fraction of sp³-hybridized carbons (Fsp3) is 0.391. The van der Waals surface area contributed by atoms with Crippen LogP contribution in [0.2, 0.25) is 0 Å². The van der Waals surface area contributed by atoms with Crippen LogP contribution in [0, 0.1) is 0 Å². The molecule has 1 N–H and O–H groups in total. The van der Waals surface area contributed by atoms with E-state index >= 15 is 0 Å². The summed E-state index contributed by atoms with van der Waals surface area (Å²) in [7, 11) is 0. The van der Waals surface area contributed by atoms with Gasteiger partial charge in [-0.25, -0.2) is 0 Å². The van der Waals surface area contributed by atoms with Gasteiger partial charge in [-0.05, 0) is 18.1 Å². The zero-order valence-electron chi connectivity index (χ0n) is 17.0. The van der Waals surface area contributed by atoms with E-state index in [1.54, 1.807) is 0 Å². The monoisotopic (exact) mass is 395 g/mol. The first-order valence-electron chi connectivity index (χ1n) is 10.2. The predicted octanol–water partition coefficient (Wildman–Crippen LogP) is 2.40. The summed E-state index contributed by atoms with van der Waals surface area (Å²) in [6, 6.07) is 17.8. The second-order valence-electron chi connectivity index (χ2n) is 7.16. The number of amides is 2. The van der Waals surface area contributed by atoms with Crippen molar-refractivity contribution in [3.8, 4) is 16.9 Å². The molecule has 1 aliphatic heterocycles. The van der Waals surface area contributed by atoms with Crippen molar-refractivity contribution in [2.75, 3.05) is 45.9 Å². The highest BCUT2D eigenvalue weighted by Crippen LogP contribution is 2.29. The molecule has 3 rings (SSSR count). The zero-order chi connectivity index (χ0) is 20.5. The second kappa shape index (κ2) is 10.6. The van der Waals surface area contributed by atoms with Crippen molar-refractivity contribution in [3.63, 3.8) is 0 Å². The summed E-state index contributed by atoms with van der Waals surface area (Å²) >= 11 is 0. The third-order valence-corrected chi connectivity index (χ3v) is 4.99. The lowest BCUT2D eigenvalue weighted by atomic mass is 10.1. The van der Waals surface area contributed by atoms with E-state index in [-0.39, 0.29) is 18.4 Å². The molecular weight excluding hydrogens is 366 g/mol. The van der Waals surface area contributed by atoms with E-state index in [0.717, 1.165) is 17.5 Å². The van der Waals surface area contributed by atoms with Crippen LogP contribution >= 0.6 is 0 Å². The van der Waals surface area contributed by atoms with Crippen molar-refractivity contribution in [2.45, 2.75) is 13.3 Å². The van der Waals surface area contributed by atoms with Gasteiger partial charge >= 0.3 is 0 Å². The molecule has 1 heterocycles. The lowest BCUT2D eigenvalue weighted by Gasteiger charge is -2.34. The highest BCUT2D eigenvalue weighted by atomic mass is 16.5. The number of piperazine rings is 1. The van der Waals surface area contributed by atoms with Crippen molar-refractivity contribution in [3.05, 3.63) is 54.6 Å². The SMILES string of the molecule is CCCNC(=O)CN1CCN(C(=O)COc2ccccc2-c2ccccc2)CC1. The third-order valence-electron chi connectivity index (χ3n) is 4.99. The van der Waals surface area contributed by atoms with Crippen molar-refractivity contribution < 1.29 is 14.3 Å². The lowest BCUT2D eigenvalue weighted by Crippen LogP contribution is -2.52. The van der Waals surface area contributed by atoms with Crippen LogP contribution < -0.4 is 10.1 Å². The Morgan fingerprint density at radius 1 is 0.966 bits per heavy atom. The Kier molecular flexibility index (Phi) is 7.64. The second-order valence-corrected chi connectivity index (χ2v) is 7.16. The predicted molar refractivity (Wildman–Crippen MR) is 114 cm³/mol. The van der Waals surface area contributed by atoms with Crippen LogP contribution in [0.4, 0.5) is 0 Å². The standard InChI is InChI=1S/C23H29N3O3/c1-2-12-24-22(27)17-25-13-15-26(16-14-25)23(28)18-29-21-11-7-6-10-20(21)19-8-4-3-5-9-19/h3-11H,2,12-18H2,1H3,(H,24,27). The van der Waals surface area contributed by atoms with E-state index in [9.17, 15) is 9.59 Å². The van der Waals surface area contributed by atoms with Crippen molar-refractivity contribution in [1.82, 2.24) is 15.1 Å². The Labute approximate surface area is 172 Å². The summed E-state index contributed by atoms with van der Waals surface area (Å²) in [4.78, 5) is 28.3. The molecule has 6 nitrogen and oxygen atoms in total. The number of rotatable bonds is 8. The molecule has 29 heavy (non-hydrogen) atoms. The van der Waals surface area contributed by atoms with E-state index < -0.39 is 0 Å². The maximum absolute atomic E-state index is 12.6. The average molecular weight is 396 g/mol. The molecule has 2 amide bonds. The number of hydrogen-bond donors (Lipinski definition) is 1. The lowest BCUT2D eigenvalue weighted by molar-refractivity contribution is -0.135. The van der Waals surface area contributed by atoms with Crippen LogP contribution in [0.1, 0.15) is 13.3 Å². The molecule has 154 valence electrons. The van der Waals surface area contributed by atoms with Gasteiger partial charge in [-0.15, -0.1) is 0 Å². The molecule has 0 aromatic heterocycles. The maximum Gasteiger partial charge on any atom is 0.260 e. The van der Waals surface area contributed by atoms with Gasteiger partial charge in [-0.2, -0.15) is 0 Å². The minimum Gasteiger partial charge on any atom is -0.483 e. The molecule has 1 fully saturated rings. The van der Waals surface area contributed by atoms with Crippen molar-refractivity contribution in [1.29, 1.82) is 0 Å². The van der Waals surface area contributed by atoms with Gasteiger partial charge in [0.05, 0.1) is 6.54 Å². The smallest absolute Gasteiger partial charge is 0.260 e. The molecular formula is C23H29N3O3. The van der Waals surface area contributed by atoms with E-state index in [1.165, 1.54) is 0 Å². The Morgan fingerprint density at radius 2 is 1.66 bits per heavy atom. The summed E-state index contributed by atoms with van der Waals surface area (Å²) in [5.41, 5.74) is 2.04. The van der Waals surface area contributed by atoms with Gasteiger partial charge in [0.25, 0.3) is 5.91 Å². The molecule has 1 aliphatic rings. The molecule has 0 radical (unpaired) electrons. The van der Waals surface area contributed by atoms with Crippen LogP contribution in [0.25, 0.3) is 11.1 Å². The minimum atomic E-state index is -0.0250. The molecule has 6 heteroatoms. The first-order valence-corrected chi connectivity index (χ1v) is 10.2. The first-order chi connectivity index (χ1) is 14.2. The largest absolute Gasteiger partial charge is 0.483 e. The first kappa shape index (κ1) is 20.9. The number of carbonyl (C=O) groups is 2. The van der Waals surface area contributed by atoms with Gasteiger partial charge in [0.1, 0.15) is 5.75 Å². The average Bonchev–Trinajstić information content (AvgIpc) is 2.77. The van der Waals surface area contributed by atoms with E-state index in [1.807, 2.05) is 66.4 Å². The van der Waals surface area contributed by atoms with Gasteiger partial charge in [-0.3, -0.25) is 14.5 Å². The Hall–Kier alpha value is -2.86. The quantitative estimate of drug-likeness (QED) is 0.746. The van der Waals surface area contributed by atoms with Crippen molar-refractivity contribution in [2.24, 2.45) is 0 Å². The Bertz CT molecular complexity index is 802. The number of carbonyl (C=O) groups excluding carboxylic acids is 2.